The summed E-state index contributed by atoms with van der Waals surface area (Å²) in [6.07, 6.45) is 5.85. The quantitative estimate of drug-likeness (QED) is 0.199. The van der Waals surface area contributed by atoms with Crippen LogP contribution in [0.1, 0.15) is 43.7 Å². The van der Waals surface area contributed by atoms with E-state index in [2.05, 4.69) is 51.7 Å². The predicted octanol–water partition coefficient (Wildman–Crippen LogP) is 3.19. The lowest BCUT2D eigenvalue weighted by Crippen LogP contribution is -2.39. The Bertz CT molecular complexity index is 623. The molecule has 2 aliphatic heterocycles. The summed E-state index contributed by atoms with van der Waals surface area (Å²) in [5, 5.41) is 6.80. The molecule has 3 rings (SSSR count). The first-order valence-electron chi connectivity index (χ1n) is 11.4. The first kappa shape index (κ1) is 25.4. The van der Waals surface area contributed by atoms with Gasteiger partial charge >= 0.3 is 0 Å². The summed E-state index contributed by atoms with van der Waals surface area (Å²) in [5.74, 6) is 0.913. The smallest absolute Gasteiger partial charge is 0.191 e. The summed E-state index contributed by atoms with van der Waals surface area (Å²) < 4.78 is 11.3. The molecule has 0 bridgehead atoms. The fraction of sp³-hybridized carbons (Fsp3) is 0.696. The molecule has 6 nitrogen and oxygen atoms in total. The molecule has 0 saturated carbocycles. The van der Waals surface area contributed by atoms with Gasteiger partial charge in [-0.2, -0.15) is 0 Å². The van der Waals surface area contributed by atoms with Gasteiger partial charge in [-0.3, -0.25) is 9.89 Å². The maximum atomic E-state index is 5.71. The fourth-order valence-corrected chi connectivity index (χ4v) is 3.94. The van der Waals surface area contributed by atoms with E-state index < -0.39 is 0 Å². The van der Waals surface area contributed by atoms with Crippen LogP contribution in [0.15, 0.2) is 29.3 Å². The number of nitrogens with one attached hydrogen (secondary N) is 2. The van der Waals surface area contributed by atoms with E-state index in [1.165, 1.54) is 24.0 Å². The number of fused-ring (bicyclic) bond motifs is 1. The van der Waals surface area contributed by atoms with Crippen LogP contribution in [-0.4, -0.2) is 69.5 Å². The van der Waals surface area contributed by atoms with Gasteiger partial charge in [0.25, 0.3) is 0 Å². The van der Waals surface area contributed by atoms with Gasteiger partial charge in [0.1, 0.15) is 0 Å². The summed E-state index contributed by atoms with van der Waals surface area (Å²) in [7, 11) is 0. The average Bonchev–Trinajstić information content (AvgIpc) is 3.27. The Morgan fingerprint density at radius 3 is 2.90 bits per heavy atom. The van der Waals surface area contributed by atoms with Crippen LogP contribution in [0.25, 0.3) is 0 Å². The van der Waals surface area contributed by atoms with E-state index in [1.54, 1.807) is 0 Å². The molecule has 0 aromatic heterocycles. The summed E-state index contributed by atoms with van der Waals surface area (Å²) in [5.41, 5.74) is 3.01. The minimum atomic E-state index is 0. The molecule has 0 radical (unpaired) electrons. The van der Waals surface area contributed by atoms with Crippen molar-refractivity contribution in [2.75, 3.05) is 52.5 Å². The molecule has 1 aromatic carbocycles. The number of hydrogen-bond acceptors (Lipinski definition) is 4. The van der Waals surface area contributed by atoms with E-state index in [1.807, 2.05) is 0 Å². The minimum Gasteiger partial charge on any atom is -0.379 e. The van der Waals surface area contributed by atoms with Crippen LogP contribution in [0, 0.1) is 0 Å². The normalized spacial score (nSPS) is 19.2. The number of nitrogens with zero attached hydrogens (tertiary/aromatic N) is 2. The molecule has 170 valence electrons. The predicted molar refractivity (Wildman–Crippen MR) is 134 cm³/mol. The van der Waals surface area contributed by atoms with E-state index in [4.69, 9.17) is 9.47 Å². The fourth-order valence-electron chi connectivity index (χ4n) is 3.94. The summed E-state index contributed by atoms with van der Waals surface area (Å²) in [6.45, 7) is 10.4. The molecule has 7 heteroatoms. The molecule has 1 aromatic rings. The Hall–Kier alpha value is -0.900. The maximum Gasteiger partial charge on any atom is 0.191 e. The summed E-state index contributed by atoms with van der Waals surface area (Å²) in [6, 6.07) is 8.83. The highest BCUT2D eigenvalue weighted by atomic mass is 127. The van der Waals surface area contributed by atoms with Gasteiger partial charge in [0.05, 0.1) is 12.7 Å². The van der Waals surface area contributed by atoms with Gasteiger partial charge < -0.3 is 20.1 Å². The molecule has 1 fully saturated rings. The molecule has 0 amide bonds. The maximum absolute atomic E-state index is 5.71. The highest BCUT2D eigenvalue weighted by molar-refractivity contribution is 14.0. The van der Waals surface area contributed by atoms with Crippen LogP contribution in [0.2, 0.25) is 0 Å². The third kappa shape index (κ3) is 9.08. The van der Waals surface area contributed by atoms with Crippen LogP contribution >= 0.6 is 24.0 Å². The van der Waals surface area contributed by atoms with Crippen molar-refractivity contribution in [1.82, 2.24) is 15.5 Å². The number of aliphatic imine (C=N–C) groups is 1. The van der Waals surface area contributed by atoms with E-state index >= 15 is 0 Å². The summed E-state index contributed by atoms with van der Waals surface area (Å²) in [4.78, 5) is 7.22. The zero-order chi connectivity index (χ0) is 20.2. The van der Waals surface area contributed by atoms with E-state index in [0.717, 1.165) is 84.3 Å². The Kier molecular flexibility index (Phi) is 12.7. The van der Waals surface area contributed by atoms with Gasteiger partial charge in [-0.05, 0) is 50.2 Å². The molecule has 1 saturated heterocycles. The van der Waals surface area contributed by atoms with Crippen LogP contribution in [-0.2, 0) is 22.4 Å². The molecular formula is C23H39IN4O2. The number of guanidine groups is 1. The Morgan fingerprint density at radius 1 is 1.23 bits per heavy atom. The van der Waals surface area contributed by atoms with Crippen molar-refractivity contribution in [3.8, 4) is 0 Å². The SMILES string of the molecule is CCNC(=NCCCOCC1CCCO1)NCCCN1CCc2ccccc2C1.I. The van der Waals surface area contributed by atoms with Gasteiger partial charge in [-0.1, -0.05) is 24.3 Å². The van der Waals surface area contributed by atoms with Crippen LogP contribution in [0.3, 0.4) is 0 Å². The average molecular weight is 530 g/mol. The number of benzene rings is 1. The van der Waals surface area contributed by atoms with Crippen molar-refractivity contribution in [3.05, 3.63) is 35.4 Å². The van der Waals surface area contributed by atoms with Crippen LogP contribution < -0.4 is 10.6 Å². The Morgan fingerprint density at radius 2 is 2.10 bits per heavy atom. The molecule has 0 aliphatic carbocycles. The number of hydrogen-bond donors (Lipinski definition) is 2. The monoisotopic (exact) mass is 530 g/mol. The van der Waals surface area contributed by atoms with Crippen molar-refractivity contribution in [3.63, 3.8) is 0 Å². The van der Waals surface area contributed by atoms with E-state index in [0.29, 0.717) is 6.10 Å². The Labute approximate surface area is 199 Å². The zero-order valence-corrected chi connectivity index (χ0v) is 20.7. The first-order chi connectivity index (χ1) is 14.3. The molecule has 1 atom stereocenters. The van der Waals surface area contributed by atoms with E-state index in [-0.39, 0.29) is 24.0 Å². The van der Waals surface area contributed by atoms with Gasteiger partial charge in [0.15, 0.2) is 5.96 Å². The number of halogens is 1. The second-order valence-electron chi connectivity index (χ2n) is 7.90. The lowest BCUT2D eigenvalue weighted by molar-refractivity contribution is 0.0171. The van der Waals surface area contributed by atoms with Gasteiger partial charge in [0.2, 0.25) is 0 Å². The molecule has 0 spiro atoms. The lowest BCUT2D eigenvalue weighted by Gasteiger charge is -2.28. The van der Waals surface area contributed by atoms with Crippen molar-refractivity contribution < 1.29 is 9.47 Å². The topological polar surface area (TPSA) is 58.1 Å². The third-order valence-electron chi connectivity index (χ3n) is 5.54. The highest BCUT2D eigenvalue weighted by Gasteiger charge is 2.15. The van der Waals surface area contributed by atoms with Gasteiger partial charge in [0, 0.05) is 52.5 Å². The first-order valence-corrected chi connectivity index (χ1v) is 11.4. The van der Waals surface area contributed by atoms with Crippen LogP contribution in [0.5, 0.6) is 0 Å². The summed E-state index contributed by atoms with van der Waals surface area (Å²) >= 11 is 0. The largest absolute Gasteiger partial charge is 0.379 e. The third-order valence-corrected chi connectivity index (χ3v) is 5.54. The molecule has 2 heterocycles. The second-order valence-corrected chi connectivity index (χ2v) is 7.90. The standard InChI is InChI=1S/C23H38N4O2.HI/c1-2-24-23(26-13-7-16-28-19-22-10-5-17-29-22)25-12-6-14-27-15-11-20-8-3-4-9-21(20)18-27;/h3-4,8-9,22H,2,5-7,10-19H2,1H3,(H2,24,25,26);1H. The van der Waals surface area contributed by atoms with Gasteiger partial charge in [-0.25, -0.2) is 0 Å². The molecule has 2 aliphatic rings. The minimum absolute atomic E-state index is 0. The Balaban J connectivity index is 0.00000320. The van der Waals surface area contributed by atoms with Crippen molar-refractivity contribution in [2.24, 2.45) is 4.99 Å². The van der Waals surface area contributed by atoms with Crippen molar-refractivity contribution >= 4 is 29.9 Å². The second kappa shape index (κ2) is 15.0. The molecule has 1 unspecified atom stereocenters. The van der Waals surface area contributed by atoms with Crippen molar-refractivity contribution in [2.45, 2.75) is 51.7 Å². The molecular weight excluding hydrogens is 491 g/mol. The van der Waals surface area contributed by atoms with Gasteiger partial charge in [-0.15, -0.1) is 24.0 Å². The lowest BCUT2D eigenvalue weighted by atomic mass is 10.00. The number of ether oxygens (including phenoxy) is 2. The van der Waals surface area contributed by atoms with Crippen LogP contribution in [0.4, 0.5) is 0 Å². The highest BCUT2D eigenvalue weighted by Crippen LogP contribution is 2.18. The molecule has 2 N–H and O–H groups in total. The zero-order valence-electron chi connectivity index (χ0n) is 18.4. The van der Waals surface area contributed by atoms with E-state index in [9.17, 15) is 0 Å². The van der Waals surface area contributed by atoms with Crippen molar-refractivity contribution in [1.29, 1.82) is 0 Å². The molecule has 30 heavy (non-hydrogen) atoms. The number of rotatable bonds is 11.